The lowest BCUT2D eigenvalue weighted by atomic mass is 10.1. The van der Waals surface area contributed by atoms with E-state index in [1.54, 1.807) is 0 Å². The molecule has 2 N–H and O–H groups in total. The Hall–Kier alpha value is -2.54. The Bertz CT molecular complexity index is 778. The predicted molar refractivity (Wildman–Crippen MR) is 107 cm³/mol. The number of carbonyl (C=O) groups excluding carboxylic acids is 2. The number of rotatable bonds is 8. The number of hydrogen-bond donors (Lipinski definition) is 2. The highest BCUT2D eigenvalue weighted by Crippen LogP contribution is 2.19. The molecule has 0 bridgehead atoms. The van der Waals surface area contributed by atoms with Crippen molar-refractivity contribution in [3.63, 3.8) is 0 Å². The third kappa shape index (κ3) is 7.70. The minimum absolute atomic E-state index is 0.169. The van der Waals surface area contributed by atoms with Crippen LogP contribution < -0.4 is 20.3 Å². The number of hydrazine groups is 1. The normalized spacial score (nSPS) is 10.2. The highest BCUT2D eigenvalue weighted by molar-refractivity contribution is 9.10. The molecule has 0 heterocycles. The molecule has 0 radical (unpaired) electrons. The van der Waals surface area contributed by atoms with Crippen LogP contribution in [0.2, 0.25) is 0 Å². The van der Waals surface area contributed by atoms with Gasteiger partial charge in [0.05, 0.1) is 6.61 Å². The van der Waals surface area contributed by atoms with Crippen LogP contribution >= 0.6 is 15.9 Å². The second-order valence-corrected chi connectivity index (χ2v) is 6.98. The number of benzene rings is 2. The molecule has 7 heteroatoms. The molecule has 2 aromatic carbocycles. The maximum absolute atomic E-state index is 11.8. The van der Waals surface area contributed by atoms with Gasteiger partial charge in [-0.3, -0.25) is 20.4 Å². The van der Waals surface area contributed by atoms with Crippen LogP contribution in [0.5, 0.6) is 11.5 Å². The minimum Gasteiger partial charge on any atom is -0.494 e. The molecule has 0 aliphatic rings. The summed E-state index contributed by atoms with van der Waals surface area (Å²) in [6.45, 7) is 4.11. The Balaban J connectivity index is 1.59. The lowest BCUT2D eigenvalue weighted by Gasteiger charge is -2.11. The molecule has 27 heavy (non-hydrogen) atoms. The third-order valence-electron chi connectivity index (χ3n) is 3.67. The zero-order valence-electron chi connectivity index (χ0n) is 15.4. The molecule has 0 aliphatic heterocycles. The molecular formula is C20H23BrN2O4. The van der Waals surface area contributed by atoms with E-state index in [9.17, 15) is 9.59 Å². The van der Waals surface area contributed by atoms with Gasteiger partial charge in [-0.25, -0.2) is 0 Å². The van der Waals surface area contributed by atoms with Crippen molar-refractivity contribution in [1.82, 2.24) is 10.9 Å². The minimum atomic E-state index is -0.421. The van der Waals surface area contributed by atoms with Gasteiger partial charge < -0.3 is 9.47 Å². The summed E-state index contributed by atoms with van der Waals surface area (Å²) in [5.41, 5.74) is 6.71. The zero-order chi connectivity index (χ0) is 19.6. The summed E-state index contributed by atoms with van der Waals surface area (Å²) in [5.74, 6) is 0.696. The van der Waals surface area contributed by atoms with E-state index in [2.05, 4.69) is 26.8 Å². The summed E-state index contributed by atoms with van der Waals surface area (Å²) in [5, 5.41) is 0. The SMILES string of the molecule is Cc1ccc(C)c(OCC(=O)NNC(=O)CCCOc2ccc(Br)cc2)c1. The monoisotopic (exact) mass is 434 g/mol. The van der Waals surface area contributed by atoms with Crippen LogP contribution in [0.1, 0.15) is 24.0 Å². The quantitative estimate of drug-likeness (QED) is 0.492. The number of carbonyl (C=O) groups is 2. The Morgan fingerprint density at radius 2 is 1.67 bits per heavy atom. The molecule has 0 aromatic heterocycles. The summed E-state index contributed by atoms with van der Waals surface area (Å²) < 4.78 is 12.0. The van der Waals surface area contributed by atoms with Crippen molar-refractivity contribution in [2.75, 3.05) is 13.2 Å². The Morgan fingerprint density at radius 1 is 0.963 bits per heavy atom. The molecule has 0 saturated heterocycles. The number of amides is 2. The van der Waals surface area contributed by atoms with E-state index < -0.39 is 5.91 Å². The summed E-state index contributed by atoms with van der Waals surface area (Å²) in [6, 6.07) is 13.2. The summed E-state index contributed by atoms with van der Waals surface area (Å²) in [6.07, 6.45) is 0.783. The molecule has 2 aromatic rings. The number of halogens is 1. The molecule has 0 saturated carbocycles. The molecule has 0 atom stereocenters. The first-order chi connectivity index (χ1) is 12.9. The van der Waals surface area contributed by atoms with Gasteiger partial charge in [-0.1, -0.05) is 28.1 Å². The van der Waals surface area contributed by atoms with Crippen molar-refractivity contribution in [3.8, 4) is 11.5 Å². The largest absolute Gasteiger partial charge is 0.494 e. The van der Waals surface area contributed by atoms with Gasteiger partial charge in [0.1, 0.15) is 11.5 Å². The second kappa shape index (κ2) is 10.6. The first-order valence-electron chi connectivity index (χ1n) is 8.60. The molecule has 0 fully saturated rings. The standard InChI is InChI=1S/C20H23BrN2O4/c1-14-5-6-15(2)18(12-14)27-13-20(25)23-22-19(24)4-3-11-26-17-9-7-16(21)8-10-17/h5-10,12H,3-4,11,13H2,1-2H3,(H,22,24)(H,23,25). The van der Waals surface area contributed by atoms with Gasteiger partial charge in [0.25, 0.3) is 5.91 Å². The van der Waals surface area contributed by atoms with E-state index in [1.807, 2.05) is 56.3 Å². The Kier molecular flexibility index (Phi) is 8.13. The fraction of sp³-hybridized carbons (Fsp3) is 0.300. The maximum atomic E-state index is 11.8. The van der Waals surface area contributed by atoms with Gasteiger partial charge in [-0.2, -0.15) is 0 Å². The van der Waals surface area contributed by atoms with Crippen LogP contribution in [0.3, 0.4) is 0 Å². The van der Waals surface area contributed by atoms with E-state index in [0.717, 1.165) is 21.3 Å². The number of nitrogens with one attached hydrogen (secondary N) is 2. The number of ether oxygens (including phenoxy) is 2. The Labute approximate surface area is 167 Å². The first-order valence-corrected chi connectivity index (χ1v) is 9.39. The summed E-state index contributed by atoms with van der Waals surface area (Å²) in [4.78, 5) is 23.5. The average molecular weight is 435 g/mol. The summed E-state index contributed by atoms with van der Waals surface area (Å²) >= 11 is 3.35. The van der Waals surface area contributed by atoms with Crippen molar-refractivity contribution in [2.24, 2.45) is 0 Å². The van der Waals surface area contributed by atoms with E-state index in [-0.39, 0.29) is 18.9 Å². The molecule has 2 rings (SSSR count). The topological polar surface area (TPSA) is 76.7 Å². The van der Waals surface area contributed by atoms with Crippen molar-refractivity contribution in [3.05, 3.63) is 58.1 Å². The second-order valence-electron chi connectivity index (χ2n) is 6.06. The number of aryl methyl sites for hydroxylation is 2. The van der Waals surface area contributed by atoms with Gasteiger partial charge >= 0.3 is 0 Å². The molecule has 144 valence electrons. The van der Waals surface area contributed by atoms with Crippen molar-refractivity contribution < 1.29 is 19.1 Å². The van der Waals surface area contributed by atoms with Gasteiger partial charge in [0, 0.05) is 10.9 Å². The molecule has 6 nitrogen and oxygen atoms in total. The van der Waals surface area contributed by atoms with Crippen molar-refractivity contribution >= 4 is 27.7 Å². The molecule has 0 spiro atoms. The molecule has 0 aliphatic carbocycles. The van der Waals surface area contributed by atoms with Gasteiger partial charge in [0.15, 0.2) is 6.61 Å². The molecule has 0 unspecified atom stereocenters. The average Bonchev–Trinajstić information content (AvgIpc) is 2.65. The lowest BCUT2D eigenvalue weighted by molar-refractivity contribution is -0.130. The van der Waals surface area contributed by atoms with Crippen LogP contribution in [-0.2, 0) is 9.59 Å². The van der Waals surface area contributed by atoms with E-state index in [4.69, 9.17) is 9.47 Å². The highest BCUT2D eigenvalue weighted by atomic mass is 79.9. The predicted octanol–water partition coefficient (Wildman–Crippen LogP) is 3.45. The van der Waals surface area contributed by atoms with Crippen LogP contribution in [0.25, 0.3) is 0 Å². The molecule has 2 amide bonds. The lowest BCUT2D eigenvalue weighted by Crippen LogP contribution is -2.43. The van der Waals surface area contributed by atoms with Crippen molar-refractivity contribution in [2.45, 2.75) is 26.7 Å². The fourth-order valence-electron chi connectivity index (χ4n) is 2.20. The van der Waals surface area contributed by atoms with Gasteiger partial charge in [-0.05, 0) is 61.7 Å². The zero-order valence-corrected chi connectivity index (χ0v) is 17.0. The van der Waals surface area contributed by atoms with E-state index in [1.165, 1.54) is 0 Å². The molecular weight excluding hydrogens is 412 g/mol. The van der Waals surface area contributed by atoms with E-state index >= 15 is 0 Å². The van der Waals surface area contributed by atoms with Crippen LogP contribution in [-0.4, -0.2) is 25.0 Å². The smallest absolute Gasteiger partial charge is 0.276 e. The summed E-state index contributed by atoms with van der Waals surface area (Å²) in [7, 11) is 0. The van der Waals surface area contributed by atoms with Crippen LogP contribution in [0.4, 0.5) is 0 Å². The third-order valence-corrected chi connectivity index (χ3v) is 4.20. The maximum Gasteiger partial charge on any atom is 0.276 e. The fourth-order valence-corrected chi connectivity index (χ4v) is 2.46. The highest BCUT2D eigenvalue weighted by Gasteiger charge is 2.07. The first kappa shape index (κ1) is 20.8. The Morgan fingerprint density at radius 3 is 2.41 bits per heavy atom. The van der Waals surface area contributed by atoms with Crippen LogP contribution in [0, 0.1) is 13.8 Å². The van der Waals surface area contributed by atoms with Crippen LogP contribution in [0.15, 0.2) is 46.9 Å². The van der Waals surface area contributed by atoms with Gasteiger partial charge in [-0.15, -0.1) is 0 Å². The van der Waals surface area contributed by atoms with Gasteiger partial charge in [0.2, 0.25) is 5.91 Å². The van der Waals surface area contributed by atoms with Crippen molar-refractivity contribution in [1.29, 1.82) is 0 Å². The van der Waals surface area contributed by atoms with E-state index in [0.29, 0.717) is 18.8 Å². The number of hydrogen-bond acceptors (Lipinski definition) is 4.